The van der Waals surface area contributed by atoms with E-state index in [1.165, 1.54) is 5.57 Å². The molecule has 2 aromatic heterocycles. The topological polar surface area (TPSA) is 66.1 Å². The van der Waals surface area contributed by atoms with Gasteiger partial charge in [-0.2, -0.15) is 0 Å². The van der Waals surface area contributed by atoms with Crippen molar-refractivity contribution in [3.8, 4) is 11.4 Å². The average Bonchev–Trinajstić information content (AvgIpc) is 3.34. The number of ether oxygens (including phenoxy) is 1. The number of rotatable bonds is 9. The molecule has 6 heteroatoms. The van der Waals surface area contributed by atoms with Gasteiger partial charge in [0.2, 0.25) is 0 Å². The number of aromatic nitrogens is 3. The van der Waals surface area contributed by atoms with E-state index in [1.807, 2.05) is 25.3 Å². The number of fused-ring (bicyclic) bond motifs is 1. The Bertz CT molecular complexity index is 1140. The van der Waals surface area contributed by atoms with Crippen LogP contribution in [0.3, 0.4) is 0 Å². The molecule has 3 aromatic rings. The standard InChI is InChI=1S/C27H33N5O/c1-3-5-6-9-21(8-4-2)12-14-29-25-20-26(32-16-18-33-19-17-32)31-27(30-25)23-10-7-11-24-22(23)13-15-28-24/h3,5-11,13,15,20,28H,4,12,14,16-19H2,1-2H3,(H,29,30,31)/b5-3-,9-6-,21-8-. The quantitative estimate of drug-likeness (QED) is 0.413. The van der Waals surface area contributed by atoms with Gasteiger partial charge in [-0.3, -0.25) is 0 Å². The number of nitrogens with zero attached hydrogens (tertiary/aromatic N) is 3. The lowest BCUT2D eigenvalue weighted by Gasteiger charge is -2.28. The van der Waals surface area contributed by atoms with Crippen molar-refractivity contribution in [1.29, 1.82) is 0 Å². The summed E-state index contributed by atoms with van der Waals surface area (Å²) in [5.74, 6) is 2.53. The van der Waals surface area contributed by atoms with E-state index in [-0.39, 0.29) is 0 Å². The summed E-state index contributed by atoms with van der Waals surface area (Å²) in [5.41, 5.74) is 3.44. The molecule has 1 fully saturated rings. The second-order valence-electron chi connectivity index (χ2n) is 8.03. The molecule has 1 aliphatic rings. The van der Waals surface area contributed by atoms with Crippen LogP contribution in [0.2, 0.25) is 0 Å². The Morgan fingerprint density at radius 3 is 2.88 bits per heavy atom. The first-order valence-electron chi connectivity index (χ1n) is 11.8. The second kappa shape index (κ2) is 11.5. The molecule has 0 saturated carbocycles. The van der Waals surface area contributed by atoms with Crippen molar-refractivity contribution < 1.29 is 4.74 Å². The summed E-state index contributed by atoms with van der Waals surface area (Å²) in [6.45, 7) is 8.12. The number of benzene rings is 1. The summed E-state index contributed by atoms with van der Waals surface area (Å²) in [4.78, 5) is 15.4. The molecule has 4 rings (SSSR count). The first kappa shape index (κ1) is 22.8. The molecule has 0 unspecified atom stereocenters. The van der Waals surface area contributed by atoms with Crippen LogP contribution < -0.4 is 10.2 Å². The van der Waals surface area contributed by atoms with Gasteiger partial charge in [0.1, 0.15) is 11.6 Å². The number of hydrogen-bond acceptors (Lipinski definition) is 5. The third kappa shape index (κ3) is 5.90. The van der Waals surface area contributed by atoms with Crippen molar-refractivity contribution in [3.05, 3.63) is 72.5 Å². The number of morpholine rings is 1. The molecule has 0 radical (unpaired) electrons. The van der Waals surface area contributed by atoms with E-state index < -0.39 is 0 Å². The molecule has 0 aliphatic carbocycles. The molecule has 33 heavy (non-hydrogen) atoms. The maximum atomic E-state index is 5.55. The van der Waals surface area contributed by atoms with Gasteiger partial charge in [-0.05, 0) is 31.9 Å². The van der Waals surface area contributed by atoms with E-state index in [9.17, 15) is 0 Å². The van der Waals surface area contributed by atoms with Gasteiger partial charge >= 0.3 is 0 Å². The predicted molar refractivity (Wildman–Crippen MR) is 138 cm³/mol. The number of nitrogens with one attached hydrogen (secondary N) is 2. The van der Waals surface area contributed by atoms with Crippen LogP contribution in [0.15, 0.2) is 72.5 Å². The average molecular weight is 444 g/mol. The summed E-state index contributed by atoms with van der Waals surface area (Å²) in [6.07, 6.45) is 14.6. The van der Waals surface area contributed by atoms with Gasteiger partial charge < -0.3 is 19.9 Å². The molecule has 1 aromatic carbocycles. The van der Waals surface area contributed by atoms with Crippen molar-refractivity contribution in [1.82, 2.24) is 15.0 Å². The van der Waals surface area contributed by atoms with Gasteiger partial charge in [0.05, 0.1) is 13.2 Å². The highest BCUT2D eigenvalue weighted by Crippen LogP contribution is 2.29. The van der Waals surface area contributed by atoms with Crippen LogP contribution in [0.25, 0.3) is 22.3 Å². The van der Waals surface area contributed by atoms with Gasteiger partial charge in [0.25, 0.3) is 0 Å². The highest BCUT2D eigenvalue weighted by molar-refractivity contribution is 5.93. The lowest BCUT2D eigenvalue weighted by Crippen LogP contribution is -2.36. The van der Waals surface area contributed by atoms with Crippen LogP contribution in [-0.4, -0.2) is 47.8 Å². The monoisotopic (exact) mass is 443 g/mol. The summed E-state index contributed by atoms with van der Waals surface area (Å²) >= 11 is 0. The maximum Gasteiger partial charge on any atom is 0.164 e. The number of aromatic amines is 1. The zero-order valence-corrected chi connectivity index (χ0v) is 19.6. The number of anilines is 2. The summed E-state index contributed by atoms with van der Waals surface area (Å²) in [6, 6.07) is 10.4. The fraction of sp³-hybridized carbons (Fsp3) is 0.333. The normalized spacial score (nSPS) is 15.2. The number of allylic oxidation sites excluding steroid dienone is 5. The van der Waals surface area contributed by atoms with E-state index >= 15 is 0 Å². The zero-order valence-electron chi connectivity index (χ0n) is 19.6. The number of hydrogen-bond donors (Lipinski definition) is 2. The summed E-state index contributed by atoms with van der Waals surface area (Å²) in [5, 5.41) is 4.68. The fourth-order valence-corrected chi connectivity index (χ4v) is 4.02. The first-order chi connectivity index (χ1) is 16.3. The zero-order chi connectivity index (χ0) is 22.9. The predicted octanol–water partition coefficient (Wildman–Crippen LogP) is 5.73. The van der Waals surface area contributed by atoms with Crippen LogP contribution in [0.4, 0.5) is 11.6 Å². The van der Waals surface area contributed by atoms with Crippen molar-refractivity contribution in [2.75, 3.05) is 43.1 Å². The van der Waals surface area contributed by atoms with E-state index in [1.54, 1.807) is 0 Å². The van der Waals surface area contributed by atoms with Crippen molar-refractivity contribution in [3.63, 3.8) is 0 Å². The second-order valence-corrected chi connectivity index (χ2v) is 8.03. The minimum absolute atomic E-state index is 0.721. The minimum atomic E-state index is 0.721. The molecule has 0 spiro atoms. The van der Waals surface area contributed by atoms with E-state index in [2.05, 4.69) is 70.7 Å². The van der Waals surface area contributed by atoms with Gasteiger partial charge in [-0.25, -0.2) is 9.97 Å². The van der Waals surface area contributed by atoms with Crippen molar-refractivity contribution in [2.24, 2.45) is 0 Å². The van der Waals surface area contributed by atoms with Crippen LogP contribution in [0, 0.1) is 0 Å². The van der Waals surface area contributed by atoms with Crippen molar-refractivity contribution in [2.45, 2.75) is 26.7 Å². The molecule has 2 N–H and O–H groups in total. The first-order valence-corrected chi connectivity index (χ1v) is 11.8. The molecule has 0 amide bonds. The summed E-state index contributed by atoms with van der Waals surface area (Å²) < 4.78 is 5.55. The van der Waals surface area contributed by atoms with Gasteiger partial charge in [0, 0.05) is 48.4 Å². The molecule has 0 bridgehead atoms. The van der Waals surface area contributed by atoms with Crippen LogP contribution in [0.1, 0.15) is 26.7 Å². The smallest absolute Gasteiger partial charge is 0.164 e. The molecular weight excluding hydrogens is 410 g/mol. The Hall–Kier alpha value is -3.38. The highest BCUT2D eigenvalue weighted by atomic mass is 16.5. The Kier molecular flexibility index (Phi) is 7.93. The molecule has 6 nitrogen and oxygen atoms in total. The molecule has 1 saturated heterocycles. The Morgan fingerprint density at radius 1 is 1.18 bits per heavy atom. The van der Waals surface area contributed by atoms with Crippen molar-refractivity contribution >= 4 is 22.5 Å². The largest absolute Gasteiger partial charge is 0.378 e. The number of H-pyrrole nitrogens is 1. The van der Waals surface area contributed by atoms with Gasteiger partial charge in [-0.1, -0.05) is 55.0 Å². The van der Waals surface area contributed by atoms with E-state index in [0.717, 1.165) is 79.6 Å². The van der Waals surface area contributed by atoms with Crippen LogP contribution in [0.5, 0.6) is 0 Å². The highest BCUT2D eigenvalue weighted by Gasteiger charge is 2.17. The maximum absolute atomic E-state index is 5.55. The lowest BCUT2D eigenvalue weighted by molar-refractivity contribution is 0.122. The summed E-state index contributed by atoms with van der Waals surface area (Å²) in [7, 11) is 0. The Balaban J connectivity index is 1.59. The van der Waals surface area contributed by atoms with Gasteiger partial charge in [-0.15, -0.1) is 0 Å². The molecule has 3 heterocycles. The minimum Gasteiger partial charge on any atom is -0.378 e. The van der Waals surface area contributed by atoms with Crippen LogP contribution in [-0.2, 0) is 4.74 Å². The SMILES string of the molecule is C\C=C/C=C\C(=C\CC)CCNc1cc(N2CCOCC2)nc(-c2cccc3[nH]ccc23)n1. The van der Waals surface area contributed by atoms with Gasteiger partial charge in [0.15, 0.2) is 5.82 Å². The fourth-order valence-electron chi connectivity index (χ4n) is 4.02. The molecule has 172 valence electrons. The molecule has 0 atom stereocenters. The Labute approximate surface area is 196 Å². The third-order valence-electron chi connectivity index (χ3n) is 5.68. The van der Waals surface area contributed by atoms with Crippen LogP contribution >= 0.6 is 0 Å². The van der Waals surface area contributed by atoms with E-state index in [4.69, 9.17) is 14.7 Å². The molecule has 1 aliphatic heterocycles. The molecular formula is C27H33N5O. The lowest BCUT2D eigenvalue weighted by atomic mass is 10.1. The third-order valence-corrected chi connectivity index (χ3v) is 5.68. The van der Waals surface area contributed by atoms with E-state index in [0.29, 0.717) is 0 Å². The Morgan fingerprint density at radius 2 is 2.06 bits per heavy atom.